The van der Waals surface area contributed by atoms with Crippen molar-refractivity contribution in [3.05, 3.63) is 41.0 Å². The van der Waals surface area contributed by atoms with Crippen molar-refractivity contribution in [3.8, 4) is 5.75 Å². The van der Waals surface area contributed by atoms with Crippen molar-refractivity contribution in [2.24, 2.45) is 0 Å². The molecule has 3 rings (SSSR count). The topological polar surface area (TPSA) is 56.1 Å². The third-order valence-corrected chi connectivity index (χ3v) is 4.47. The summed E-state index contributed by atoms with van der Waals surface area (Å²) in [6.07, 6.45) is 1.68. The number of amides is 1. The minimum Gasteiger partial charge on any atom is -0.494 e. The Morgan fingerprint density at radius 2 is 2.22 bits per heavy atom. The summed E-state index contributed by atoms with van der Waals surface area (Å²) >= 11 is 1.41. The van der Waals surface area contributed by atoms with Crippen LogP contribution in [0.5, 0.6) is 5.75 Å². The van der Waals surface area contributed by atoms with Crippen LogP contribution < -0.4 is 10.1 Å². The zero-order valence-electron chi connectivity index (χ0n) is 13.4. The molecule has 0 aliphatic carbocycles. The van der Waals surface area contributed by atoms with Gasteiger partial charge in [0.25, 0.3) is 5.91 Å². The van der Waals surface area contributed by atoms with E-state index in [1.165, 1.54) is 11.3 Å². The van der Waals surface area contributed by atoms with Crippen LogP contribution in [0.2, 0.25) is 0 Å². The fraction of sp³-hybridized carbons (Fsp3) is 0.294. The van der Waals surface area contributed by atoms with E-state index in [1.807, 2.05) is 48.9 Å². The van der Waals surface area contributed by atoms with Crippen molar-refractivity contribution in [2.45, 2.75) is 27.3 Å². The molecule has 5 nitrogen and oxygen atoms in total. The standard InChI is InChI=1S/C17H19N3O2S/c1-4-20-14-7-6-12(22-5-2)10-13(14)11(3)15(20)16(21)19-17-18-8-9-23-17/h6-10H,4-5H2,1-3H3,(H,18,19,21). The number of aryl methyl sites for hydroxylation is 2. The first kappa shape index (κ1) is 15.6. The third kappa shape index (κ3) is 2.82. The Morgan fingerprint density at radius 3 is 2.87 bits per heavy atom. The molecule has 0 fully saturated rings. The van der Waals surface area contributed by atoms with Crippen molar-refractivity contribution < 1.29 is 9.53 Å². The number of aromatic nitrogens is 2. The molecule has 0 saturated carbocycles. The highest BCUT2D eigenvalue weighted by molar-refractivity contribution is 7.13. The van der Waals surface area contributed by atoms with Crippen LogP contribution in [0.25, 0.3) is 10.9 Å². The van der Waals surface area contributed by atoms with Gasteiger partial charge in [-0.05, 0) is 44.5 Å². The number of nitrogens with one attached hydrogen (secondary N) is 1. The first-order valence-corrected chi connectivity index (χ1v) is 8.50. The molecule has 120 valence electrons. The van der Waals surface area contributed by atoms with Crippen LogP contribution in [0.15, 0.2) is 29.8 Å². The fourth-order valence-corrected chi connectivity index (χ4v) is 3.34. The molecular weight excluding hydrogens is 310 g/mol. The molecule has 0 aliphatic rings. The van der Waals surface area contributed by atoms with Gasteiger partial charge >= 0.3 is 0 Å². The number of thiazole rings is 1. The maximum atomic E-state index is 12.7. The van der Waals surface area contributed by atoms with Gasteiger partial charge in [-0.3, -0.25) is 10.1 Å². The number of carbonyl (C=O) groups excluding carboxylic acids is 1. The molecule has 0 radical (unpaired) electrons. The summed E-state index contributed by atoms with van der Waals surface area (Å²) in [7, 11) is 0. The molecule has 0 bridgehead atoms. The fourth-order valence-electron chi connectivity index (χ4n) is 2.82. The maximum Gasteiger partial charge on any atom is 0.274 e. The van der Waals surface area contributed by atoms with E-state index in [4.69, 9.17) is 4.74 Å². The number of benzene rings is 1. The monoisotopic (exact) mass is 329 g/mol. The number of rotatable bonds is 5. The quantitative estimate of drug-likeness (QED) is 0.767. The molecule has 0 spiro atoms. The number of ether oxygens (including phenoxy) is 1. The van der Waals surface area contributed by atoms with Crippen LogP contribution >= 0.6 is 11.3 Å². The van der Waals surface area contributed by atoms with E-state index >= 15 is 0 Å². The molecule has 1 amide bonds. The van der Waals surface area contributed by atoms with E-state index in [0.29, 0.717) is 17.4 Å². The van der Waals surface area contributed by atoms with Crippen LogP contribution in [0.3, 0.4) is 0 Å². The lowest BCUT2D eigenvalue weighted by molar-refractivity contribution is 0.101. The average Bonchev–Trinajstić information content (AvgIpc) is 3.14. The summed E-state index contributed by atoms with van der Waals surface area (Å²) in [6, 6.07) is 5.96. The van der Waals surface area contributed by atoms with Crippen LogP contribution in [-0.4, -0.2) is 22.1 Å². The van der Waals surface area contributed by atoms with Gasteiger partial charge in [-0.2, -0.15) is 0 Å². The highest BCUT2D eigenvalue weighted by Gasteiger charge is 2.20. The first-order valence-electron chi connectivity index (χ1n) is 7.62. The van der Waals surface area contributed by atoms with E-state index in [2.05, 4.69) is 10.3 Å². The van der Waals surface area contributed by atoms with Gasteiger partial charge in [0.1, 0.15) is 11.4 Å². The number of hydrogen-bond donors (Lipinski definition) is 1. The van der Waals surface area contributed by atoms with Gasteiger partial charge in [-0.15, -0.1) is 11.3 Å². The lowest BCUT2D eigenvalue weighted by atomic mass is 10.1. The summed E-state index contributed by atoms with van der Waals surface area (Å²) in [5.74, 6) is 0.691. The van der Waals surface area contributed by atoms with Crippen LogP contribution in [-0.2, 0) is 6.54 Å². The van der Waals surface area contributed by atoms with E-state index in [0.717, 1.165) is 28.8 Å². The second-order valence-electron chi connectivity index (χ2n) is 5.12. The van der Waals surface area contributed by atoms with E-state index in [1.54, 1.807) is 6.20 Å². The number of hydrogen-bond acceptors (Lipinski definition) is 4. The van der Waals surface area contributed by atoms with Gasteiger partial charge in [-0.25, -0.2) is 4.98 Å². The van der Waals surface area contributed by atoms with Gasteiger partial charge in [0.15, 0.2) is 5.13 Å². The molecule has 1 aromatic carbocycles. The van der Waals surface area contributed by atoms with Crippen molar-refractivity contribution in [1.29, 1.82) is 0 Å². The number of fused-ring (bicyclic) bond motifs is 1. The summed E-state index contributed by atoms with van der Waals surface area (Å²) < 4.78 is 7.61. The molecule has 0 saturated heterocycles. The second kappa shape index (κ2) is 6.42. The second-order valence-corrected chi connectivity index (χ2v) is 6.02. The van der Waals surface area contributed by atoms with Crippen molar-refractivity contribution in [3.63, 3.8) is 0 Å². The number of anilines is 1. The number of nitrogens with zero attached hydrogens (tertiary/aromatic N) is 2. The molecule has 3 aromatic rings. The van der Waals surface area contributed by atoms with Crippen LogP contribution in [0, 0.1) is 6.92 Å². The zero-order chi connectivity index (χ0) is 16.4. The highest BCUT2D eigenvalue weighted by Crippen LogP contribution is 2.30. The van der Waals surface area contributed by atoms with Gasteiger partial charge in [0.05, 0.1) is 6.61 Å². The van der Waals surface area contributed by atoms with Gasteiger partial charge < -0.3 is 9.30 Å². The minimum absolute atomic E-state index is 0.131. The Kier molecular flexibility index (Phi) is 4.34. The Bertz CT molecular complexity index is 837. The molecule has 1 N–H and O–H groups in total. The predicted molar refractivity (Wildman–Crippen MR) is 93.6 cm³/mol. The van der Waals surface area contributed by atoms with Gasteiger partial charge in [0, 0.05) is 29.0 Å². The lowest BCUT2D eigenvalue weighted by Crippen LogP contribution is -2.17. The third-order valence-electron chi connectivity index (χ3n) is 3.78. The minimum atomic E-state index is -0.131. The predicted octanol–water partition coefficient (Wildman–Crippen LogP) is 4.08. The molecular formula is C17H19N3O2S. The van der Waals surface area contributed by atoms with E-state index in [9.17, 15) is 4.79 Å². The van der Waals surface area contributed by atoms with E-state index in [-0.39, 0.29) is 5.91 Å². The molecule has 2 heterocycles. The summed E-state index contributed by atoms with van der Waals surface area (Å²) in [6.45, 7) is 7.31. The van der Waals surface area contributed by atoms with E-state index < -0.39 is 0 Å². The van der Waals surface area contributed by atoms with Crippen LogP contribution in [0.1, 0.15) is 29.9 Å². The normalized spacial score (nSPS) is 10.9. The molecule has 6 heteroatoms. The smallest absolute Gasteiger partial charge is 0.274 e. The summed E-state index contributed by atoms with van der Waals surface area (Å²) in [4.78, 5) is 16.8. The zero-order valence-corrected chi connectivity index (χ0v) is 14.2. The van der Waals surface area contributed by atoms with Crippen LogP contribution in [0.4, 0.5) is 5.13 Å². The van der Waals surface area contributed by atoms with Crippen molar-refractivity contribution in [1.82, 2.24) is 9.55 Å². The molecule has 2 aromatic heterocycles. The molecule has 0 atom stereocenters. The van der Waals surface area contributed by atoms with Crippen molar-refractivity contribution in [2.75, 3.05) is 11.9 Å². The summed E-state index contributed by atoms with van der Waals surface area (Å²) in [5.41, 5.74) is 2.67. The SMILES string of the molecule is CCOc1ccc2c(c1)c(C)c(C(=O)Nc1nccs1)n2CC. The van der Waals surface area contributed by atoms with Gasteiger partial charge in [0.2, 0.25) is 0 Å². The molecule has 0 aliphatic heterocycles. The summed E-state index contributed by atoms with van der Waals surface area (Å²) in [5, 5.41) is 6.36. The Labute approximate surface area is 138 Å². The number of carbonyl (C=O) groups is 1. The van der Waals surface area contributed by atoms with Crippen molar-refractivity contribution >= 4 is 33.3 Å². The Hall–Kier alpha value is -2.34. The molecule has 23 heavy (non-hydrogen) atoms. The lowest BCUT2D eigenvalue weighted by Gasteiger charge is -2.08. The first-order chi connectivity index (χ1) is 11.2. The van der Waals surface area contributed by atoms with Gasteiger partial charge in [-0.1, -0.05) is 0 Å². The highest BCUT2D eigenvalue weighted by atomic mass is 32.1. The Morgan fingerprint density at radius 1 is 1.39 bits per heavy atom. The Balaban J connectivity index is 2.08. The largest absolute Gasteiger partial charge is 0.494 e. The molecule has 0 unspecified atom stereocenters. The maximum absolute atomic E-state index is 12.7. The average molecular weight is 329 g/mol.